The van der Waals surface area contributed by atoms with Crippen LogP contribution in [0, 0.1) is 0 Å². The van der Waals surface area contributed by atoms with E-state index in [0.29, 0.717) is 24.3 Å². The fourth-order valence-corrected chi connectivity index (χ4v) is 5.14. The molecule has 1 aliphatic rings. The van der Waals surface area contributed by atoms with Gasteiger partial charge in [0, 0.05) is 26.2 Å². The van der Waals surface area contributed by atoms with E-state index in [-0.39, 0.29) is 24.3 Å². The molecule has 1 fully saturated rings. The lowest BCUT2D eigenvalue weighted by Crippen LogP contribution is -2.50. The predicted octanol–water partition coefficient (Wildman–Crippen LogP) is 5.42. The van der Waals surface area contributed by atoms with E-state index in [4.69, 9.17) is 4.74 Å². The molecule has 1 saturated heterocycles. The minimum Gasteiger partial charge on any atom is -0.497 e. The molecule has 39 heavy (non-hydrogen) atoms. The summed E-state index contributed by atoms with van der Waals surface area (Å²) in [6, 6.07) is 35.8. The average Bonchev–Trinajstić information content (AvgIpc) is 2.99. The summed E-state index contributed by atoms with van der Waals surface area (Å²) in [4.78, 5) is 30.7. The summed E-state index contributed by atoms with van der Waals surface area (Å²) < 4.78 is 5.19. The highest BCUT2D eigenvalue weighted by Crippen LogP contribution is 2.30. The Morgan fingerprint density at radius 3 is 1.90 bits per heavy atom. The topological polar surface area (TPSA) is 61.9 Å². The van der Waals surface area contributed by atoms with Crippen LogP contribution < -0.4 is 10.1 Å². The van der Waals surface area contributed by atoms with E-state index in [1.807, 2.05) is 53.4 Å². The Hall–Kier alpha value is -4.42. The Balaban J connectivity index is 1.25. The normalized spacial score (nSPS) is 13.7. The van der Waals surface area contributed by atoms with Crippen LogP contribution in [0.25, 0.3) is 0 Å². The number of hydrogen-bond donors (Lipinski definition) is 1. The van der Waals surface area contributed by atoms with Crippen LogP contribution in [0.5, 0.6) is 5.75 Å². The van der Waals surface area contributed by atoms with Gasteiger partial charge < -0.3 is 15.0 Å². The summed E-state index contributed by atoms with van der Waals surface area (Å²) in [5.74, 6) is 0.513. The molecule has 0 aliphatic carbocycles. The van der Waals surface area contributed by atoms with E-state index in [1.54, 1.807) is 19.2 Å². The van der Waals surface area contributed by atoms with Crippen molar-refractivity contribution < 1.29 is 14.3 Å². The minimum absolute atomic E-state index is 0.0639. The van der Waals surface area contributed by atoms with Crippen molar-refractivity contribution in [3.05, 3.63) is 131 Å². The van der Waals surface area contributed by atoms with E-state index >= 15 is 0 Å². The molecule has 198 valence electrons. The Bertz CT molecular complexity index is 1340. The quantitative estimate of drug-likeness (QED) is 0.338. The molecule has 0 unspecified atom stereocenters. The van der Waals surface area contributed by atoms with Crippen LogP contribution in [-0.4, -0.2) is 54.9 Å². The number of benzene rings is 4. The van der Waals surface area contributed by atoms with Crippen molar-refractivity contribution in [1.82, 2.24) is 9.80 Å². The zero-order valence-electron chi connectivity index (χ0n) is 22.1. The average molecular weight is 520 g/mol. The van der Waals surface area contributed by atoms with Crippen LogP contribution in [0.4, 0.5) is 5.69 Å². The summed E-state index contributed by atoms with van der Waals surface area (Å²) in [7, 11) is 1.61. The summed E-state index contributed by atoms with van der Waals surface area (Å²) in [6.07, 6.45) is 0.214. The highest BCUT2D eigenvalue weighted by molar-refractivity contribution is 6.04. The predicted molar refractivity (Wildman–Crippen MR) is 154 cm³/mol. The fourth-order valence-electron chi connectivity index (χ4n) is 5.14. The van der Waals surface area contributed by atoms with Gasteiger partial charge in [0.2, 0.25) is 5.91 Å². The number of piperazine rings is 1. The molecule has 6 nitrogen and oxygen atoms in total. The zero-order valence-corrected chi connectivity index (χ0v) is 22.1. The number of carbonyl (C=O) groups is 2. The number of nitrogens with one attached hydrogen (secondary N) is 1. The van der Waals surface area contributed by atoms with Gasteiger partial charge >= 0.3 is 0 Å². The molecule has 2 amide bonds. The van der Waals surface area contributed by atoms with Gasteiger partial charge in [0.1, 0.15) is 5.75 Å². The molecule has 5 rings (SSSR count). The molecular formula is C33H33N3O3. The number of ether oxygens (including phenoxy) is 1. The number of carbonyl (C=O) groups excluding carboxylic acids is 2. The van der Waals surface area contributed by atoms with Gasteiger partial charge in [0.05, 0.1) is 30.8 Å². The first-order valence-corrected chi connectivity index (χ1v) is 13.3. The second-order valence-electron chi connectivity index (χ2n) is 9.67. The summed E-state index contributed by atoms with van der Waals surface area (Å²) >= 11 is 0. The standard InChI is InChI=1S/C33H33N3O3/c1-39-28-18-16-25(17-19-28)24-31(37)34-30-15-9-8-14-29(30)33(38)36-22-20-35(21-23-36)32(26-10-4-2-5-11-26)27-12-6-3-7-13-27/h2-19,32H,20-24H2,1H3,(H,34,37). The largest absolute Gasteiger partial charge is 0.497 e. The van der Waals surface area contributed by atoms with Gasteiger partial charge in [-0.3, -0.25) is 14.5 Å². The van der Waals surface area contributed by atoms with E-state index in [9.17, 15) is 9.59 Å². The molecule has 0 bridgehead atoms. The first-order valence-electron chi connectivity index (χ1n) is 13.3. The van der Waals surface area contributed by atoms with Crippen molar-refractivity contribution in [3.63, 3.8) is 0 Å². The fraction of sp³-hybridized carbons (Fsp3) is 0.212. The van der Waals surface area contributed by atoms with E-state index < -0.39 is 0 Å². The molecule has 6 heteroatoms. The molecule has 0 aromatic heterocycles. The first kappa shape index (κ1) is 26.2. The third kappa shape index (κ3) is 6.36. The van der Waals surface area contributed by atoms with Crippen molar-refractivity contribution in [2.24, 2.45) is 0 Å². The van der Waals surface area contributed by atoms with Gasteiger partial charge in [0.15, 0.2) is 0 Å². The number of methoxy groups -OCH3 is 1. The highest BCUT2D eigenvalue weighted by atomic mass is 16.5. The van der Waals surface area contributed by atoms with Crippen molar-refractivity contribution in [3.8, 4) is 5.75 Å². The van der Waals surface area contributed by atoms with Gasteiger partial charge in [-0.05, 0) is 41.0 Å². The molecule has 4 aromatic carbocycles. The molecule has 0 radical (unpaired) electrons. The molecule has 1 heterocycles. The minimum atomic E-state index is -0.168. The number of anilines is 1. The number of amides is 2. The SMILES string of the molecule is COc1ccc(CC(=O)Nc2ccccc2C(=O)N2CCN(C(c3ccccc3)c3ccccc3)CC2)cc1. The Morgan fingerprint density at radius 1 is 0.744 bits per heavy atom. The second-order valence-corrected chi connectivity index (χ2v) is 9.67. The lowest BCUT2D eigenvalue weighted by Gasteiger charge is -2.40. The van der Waals surface area contributed by atoms with Crippen molar-refractivity contribution in [2.75, 3.05) is 38.6 Å². The molecule has 4 aromatic rings. The van der Waals surface area contributed by atoms with Crippen LogP contribution >= 0.6 is 0 Å². The van der Waals surface area contributed by atoms with Crippen LogP contribution in [0.2, 0.25) is 0 Å². The van der Waals surface area contributed by atoms with Crippen molar-refractivity contribution in [1.29, 1.82) is 0 Å². The molecular weight excluding hydrogens is 486 g/mol. The zero-order chi connectivity index (χ0) is 27.0. The Kier molecular flexibility index (Phi) is 8.34. The molecule has 0 saturated carbocycles. The van der Waals surface area contributed by atoms with Crippen LogP contribution in [-0.2, 0) is 11.2 Å². The first-order chi connectivity index (χ1) is 19.1. The lowest BCUT2D eigenvalue weighted by atomic mass is 9.96. The van der Waals surface area contributed by atoms with Gasteiger partial charge in [0.25, 0.3) is 5.91 Å². The van der Waals surface area contributed by atoms with Crippen LogP contribution in [0.15, 0.2) is 109 Å². The third-order valence-electron chi connectivity index (χ3n) is 7.15. The van der Waals surface area contributed by atoms with E-state index in [1.165, 1.54) is 11.1 Å². The molecule has 0 atom stereocenters. The van der Waals surface area contributed by atoms with Crippen LogP contribution in [0.3, 0.4) is 0 Å². The monoisotopic (exact) mass is 519 g/mol. The highest BCUT2D eigenvalue weighted by Gasteiger charge is 2.29. The molecule has 0 spiro atoms. The Labute approximate surface area is 229 Å². The number of nitrogens with zero attached hydrogens (tertiary/aromatic N) is 2. The van der Waals surface area contributed by atoms with Crippen LogP contribution in [0.1, 0.15) is 33.1 Å². The molecule has 1 N–H and O–H groups in total. The van der Waals surface area contributed by atoms with E-state index in [2.05, 4.69) is 58.7 Å². The number of rotatable bonds is 8. The summed E-state index contributed by atoms with van der Waals surface area (Å²) in [6.45, 7) is 2.74. The smallest absolute Gasteiger partial charge is 0.256 e. The van der Waals surface area contributed by atoms with Gasteiger partial charge in [-0.25, -0.2) is 0 Å². The van der Waals surface area contributed by atoms with Gasteiger partial charge in [-0.1, -0.05) is 84.9 Å². The van der Waals surface area contributed by atoms with Gasteiger partial charge in [-0.15, -0.1) is 0 Å². The van der Waals surface area contributed by atoms with Crippen molar-refractivity contribution in [2.45, 2.75) is 12.5 Å². The number of hydrogen-bond acceptors (Lipinski definition) is 4. The third-order valence-corrected chi connectivity index (χ3v) is 7.15. The summed E-state index contributed by atoms with van der Waals surface area (Å²) in [5.41, 5.74) is 4.41. The van der Waals surface area contributed by atoms with Gasteiger partial charge in [-0.2, -0.15) is 0 Å². The lowest BCUT2D eigenvalue weighted by molar-refractivity contribution is -0.115. The maximum Gasteiger partial charge on any atom is 0.256 e. The molecule has 1 aliphatic heterocycles. The maximum absolute atomic E-state index is 13.6. The number of para-hydroxylation sites is 1. The maximum atomic E-state index is 13.6. The second kappa shape index (κ2) is 12.4. The van der Waals surface area contributed by atoms with E-state index in [0.717, 1.165) is 24.4 Å². The summed E-state index contributed by atoms with van der Waals surface area (Å²) in [5, 5.41) is 2.95. The Morgan fingerprint density at radius 2 is 1.31 bits per heavy atom. The van der Waals surface area contributed by atoms with Crippen molar-refractivity contribution >= 4 is 17.5 Å².